The van der Waals surface area contributed by atoms with Crippen LogP contribution in [0.3, 0.4) is 0 Å². The Labute approximate surface area is 75.3 Å². The number of carbonyl (C=O) groups is 2. The summed E-state index contributed by atoms with van der Waals surface area (Å²) in [5.74, 6) is 0. The van der Waals surface area contributed by atoms with Crippen molar-refractivity contribution in [2.45, 2.75) is 0 Å². The normalized spacial score (nSPS) is 9.64. The molecule has 0 bridgehead atoms. The monoisotopic (exact) mass is 210 g/mol. The Balaban J connectivity index is 3.16. The quantitative estimate of drug-likeness (QED) is 0.691. The van der Waals surface area contributed by atoms with Crippen LogP contribution in [0.25, 0.3) is 0 Å². The first-order valence-corrected chi connectivity index (χ1v) is 3.88. The molecule has 0 radical (unpaired) electrons. The van der Waals surface area contributed by atoms with Gasteiger partial charge in [-0.15, -0.1) is 5.10 Å². The fraction of sp³-hybridized carbons (Fsp3) is 0. The van der Waals surface area contributed by atoms with Gasteiger partial charge in [-0.2, -0.15) is 0 Å². The zero-order chi connectivity index (χ0) is 8.43. The standard InChI is InChI=1S/C4Cl2N2O2S/c5-3(9)1-2(4(6)10)11-8-7-1. The van der Waals surface area contributed by atoms with Gasteiger partial charge in [0.05, 0.1) is 0 Å². The molecule has 0 atom stereocenters. The fourth-order valence-electron chi connectivity index (χ4n) is 0.448. The van der Waals surface area contributed by atoms with Crippen LogP contribution in [0, 0.1) is 0 Å². The van der Waals surface area contributed by atoms with Crippen molar-refractivity contribution in [2.24, 2.45) is 0 Å². The second-order valence-corrected chi connectivity index (χ2v) is 2.94. The van der Waals surface area contributed by atoms with Crippen LogP contribution in [0.2, 0.25) is 0 Å². The molecular weight excluding hydrogens is 211 g/mol. The molecule has 0 aromatic carbocycles. The topological polar surface area (TPSA) is 59.9 Å². The van der Waals surface area contributed by atoms with Crippen LogP contribution in [0.1, 0.15) is 20.2 Å². The average Bonchev–Trinajstić information content (AvgIpc) is 2.32. The van der Waals surface area contributed by atoms with Gasteiger partial charge in [-0.25, -0.2) is 0 Å². The molecule has 0 saturated heterocycles. The van der Waals surface area contributed by atoms with Gasteiger partial charge in [0.15, 0.2) is 5.69 Å². The van der Waals surface area contributed by atoms with Crippen LogP contribution >= 0.6 is 34.7 Å². The third kappa shape index (κ3) is 1.74. The minimum absolute atomic E-state index is 0.0216. The van der Waals surface area contributed by atoms with E-state index >= 15 is 0 Å². The summed E-state index contributed by atoms with van der Waals surface area (Å²) in [4.78, 5) is 21.0. The number of hydrogen-bond donors (Lipinski definition) is 0. The lowest BCUT2D eigenvalue weighted by molar-refractivity contribution is 0.105. The highest BCUT2D eigenvalue weighted by molar-refractivity contribution is 7.10. The second kappa shape index (κ2) is 3.25. The van der Waals surface area contributed by atoms with E-state index in [1.807, 2.05) is 0 Å². The van der Waals surface area contributed by atoms with Gasteiger partial charge < -0.3 is 0 Å². The maximum Gasteiger partial charge on any atom is 0.274 e. The van der Waals surface area contributed by atoms with Gasteiger partial charge in [0, 0.05) is 0 Å². The summed E-state index contributed by atoms with van der Waals surface area (Å²) in [5.41, 5.74) is -0.184. The minimum Gasteiger partial charge on any atom is -0.275 e. The van der Waals surface area contributed by atoms with E-state index in [2.05, 4.69) is 9.59 Å². The summed E-state index contributed by atoms with van der Waals surface area (Å²) in [7, 11) is 0. The van der Waals surface area contributed by atoms with Crippen LogP contribution in [0.15, 0.2) is 0 Å². The molecule has 1 aromatic heterocycles. The first-order valence-electron chi connectivity index (χ1n) is 2.35. The van der Waals surface area contributed by atoms with Crippen LogP contribution < -0.4 is 0 Å². The molecule has 0 aliphatic heterocycles. The summed E-state index contributed by atoms with van der Waals surface area (Å²) >= 11 is 10.9. The van der Waals surface area contributed by atoms with E-state index in [9.17, 15) is 9.59 Å². The number of carbonyl (C=O) groups excluding carboxylic acids is 2. The highest BCUT2D eigenvalue weighted by atomic mass is 35.5. The van der Waals surface area contributed by atoms with Crippen molar-refractivity contribution in [3.8, 4) is 0 Å². The van der Waals surface area contributed by atoms with E-state index in [0.29, 0.717) is 0 Å². The van der Waals surface area contributed by atoms with Crippen molar-refractivity contribution in [1.29, 1.82) is 0 Å². The van der Waals surface area contributed by atoms with Gasteiger partial charge in [-0.1, -0.05) is 4.49 Å². The largest absolute Gasteiger partial charge is 0.275 e. The first-order chi connectivity index (χ1) is 5.13. The maximum atomic E-state index is 10.5. The van der Waals surface area contributed by atoms with E-state index in [0.717, 1.165) is 11.5 Å². The summed E-state index contributed by atoms with van der Waals surface area (Å²) in [6.45, 7) is 0. The molecule has 7 heteroatoms. The number of nitrogens with zero attached hydrogens (tertiary/aromatic N) is 2. The molecule has 1 rings (SSSR count). The molecule has 0 aliphatic rings. The molecule has 4 nitrogen and oxygen atoms in total. The Morgan fingerprint density at radius 2 is 1.91 bits per heavy atom. The van der Waals surface area contributed by atoms with Gasteiger partial charge >= 0.3 is 0 Å². The Morgan fingerprint density at radius 1 is 1.27 bits per heavy atom. The molecule has 11 heavy (non-hydrogen) atoms. The average molecular weight is 211 g/mol. The molecule has 0 unspecified atom stereocenters. The second-order valence-electron chi connectivity index (χ2n) is 1.50. The number of hydrogen-bond acceptors (Lipinski definition) is 5. The van der Waals surface area contributed by atoms with Crippen molar-refractivity contribution in [2.75, 3.05) is 0 Å². The van der Waals surface area contributed by atoms with Gasteiger partial charge in [-0.05, 0) is 34.7 Å². The maximum absolute atomic E-state index is 10.5. The van der Waals surface area contributed by atoms with Crippen LogP contribution in [0.5, 0.6) is 0 Å². The fourth-order valence-corrected chi connectivity index (χ4v) is 1.33. The molecule has 0 saturated carbocycles. The van der Waals surface area contributed by atoms with Gasteiger partial charge in [0.2, 0.25) is 0 Å². The molecular formula is C4Cl2N2O2S. The summed E-state index contributed by atoms with van der Waals surface area (Å²) in [6.07, 6.45) is 0. The Kier molecular flexibility index (Phi) is 2.53. The predicted octanol–water partition coefficient (Wildman–Crippen LogP) is 1.30. The van der Waals surface area contributed by atoms with E-state index in [1.54, 1.807) is 0 Å². The lowest BCUT2D eigenvalue weighted by Gasteiger charge is -1.84. The first kappa shape index (κ1) is 8.58. The molecule has 0 spiro atoms. The zero-order valence-electron chi connectivity index (χ0n) is 4.88. The van der Waals surface area contributed by atoms with Crippen LogP contribution in [-0.4, -0.2) is 20.1 Å². The molecule has 0 amide bonds. The molecule has 0 aliphatic carbocycles. The van der Waals surface area contributed by atoms with Crippen LogP contribution in [0.4, 0.5) is 0 Å². The zero-order valence-corrected chi connectivity index (χ0v) is 7.20. The van der Waals surface area contributed by atoms with Crippen molar-refractivity contribution in [1.82, 2.24) is 9.59 Å². The predicted molar refractivity (Wildman–Crippen MR) is 40.3 cm³/mol. The van der Waals surface area contributed by atoms with Crippen molar-refractivity contribution in [3.63, 3.8) is 0 Å². The Morgan fingerprint density at radius 3 is 2.27 bits per heavy atom. The van der Waals surface area contributed by atoms with E-state index < -0.39 is 10.5 Å². The number of halogens is 2. The van der Waals surface area contributed by atoms with Crippen molar-refractivity contribution in [3.05, 3.63) is 10.6 Å². The highest BCUT2D eigenvalue weighted by Crippen LogP contribution is 2.14. The van der Waals surface area contributed by atoms with E-state index in [4.69, 9.17) is 23.2 Å². The molecule has 58 valence electrons. The van der Waals surface area contributed by atoms with Crippen molar-refractivity contribution < 1.29 is 9.59 Å². The Hall–Kier alpha value is -0.520. The lowest BCUT2D eigenvalue weighted by atomic mass is 10.4. The molecule has 1 heterocycles. The van der Waals surface area contributed by atoms with Crippen molar-refractivity contribution >= 4 is 45.2 Å². The summed E-state index contributed by atoms with van der Waals surface area (Å²) in [6, 6.07) is 0. The third-order valence-electron chi connectivity index (χ3n) is 0.853. The van der Waals surface area contributed by atoms with Gasteiger partial charge in [-0.3, -0.25) is 9.59 Å². The molecule has 1 aromatic rings. The van der Waals surface area contributed by atoms with Gasteiger partial charge in [0.25, 0.3) is 10.5 Å². The summed E-state index contributed by atoms with van der Waals surface area (Å²) < 4.78 is 3.35. The van der Waals surface area contributed by atoms with E-state index in [-0.39, 0.29) is 10.6 Å². The molecule has 0 fully saturated rings. The SMILES string of the molecule is O=C(Cl)c1nnsc1C(=O)Cl. The number of rotatable bonds is 2. The van der Waals surface area contributed by atoms with Crippen LogP contribution in [-0.2, 0) is 0 Å². The minimum atomic E-state index is -0.831. The highest BCUT2D eigenvalue weighted by Gasteiger charge is 2.18. The number of aromatic nitrogens is 2. The summed E-state index contributed by atoms with van der Waals surface area (Å²) in [5, 5.41) is 1.71. The van der Waals surface area contributed by atoms with E-state index in [1.165, 1.54) is 0 Å². The third-order valence-corrected chi connectivity index (χ3v) is 2.06. The molecule has 0 N–H and O–H groups in total. The van der Waals surface area contributed by atoms with Gasteiger partial charge in [0.1, 0.15) is 4.88 Å². The lowest BCUT2D eigenvalue weighted by Crippen LogP contribution is -1.97. The smallest absolute Gasteiger partial charge is 0.274 e. The Bertz CT molecular complexity index is 282.